The van der Waals surface area contributed by atoms with Gasteiger partial charge in [-0.3, -0.25) is 9.89 Å². The third-order valence-electron chi connectivity index (χ3n) is 5.81. The highest BCUT2D eigenvalue weighted by Gasteiger charge is 2.13. The van der Waals surface area contributed by atoms with Gasteiger partial charge >= 0.3 is 0 Å². The summed E-state index contributed by atoms with van der Waals surface area (Å²) >= 11 is 0. The Morgan fingerprint density at radius 1 is 1.00 bits per heavy atom. The van der Waals surface area contributed by atoms with Gasteiger partial charge in [-0.15, -0.1) is 5.10 Å². The standard InChI is InChI=1S/C26H20N8O2/c1-36-25-9-15(13-28-34-25)8-23(35)22-11-16-2-3-17(12-21(16)31-22)26-27-7-6-24(32-26)30-19-4-5-20-18(10-19)14-29-33-20/h2-7,9-14,31H,8H2,1H3,(H,29,33)(H,27,30,32). The second-order valence-corrected chi connectivity index (χ2v) is 8.25. The van der Waals surface area contributed by atoms with Crippen molar-refractivity contribution >= 4 is 39.1 Å². The number of ketones is 1. The van der Waals surface area contributed by atoms with E-state index in [1.807, 2.05) is 48.5 Å². The zero-order valence-corrected chi connectivity index (χ0v) is 19.2. The minimum absolute atomic E-state index is 0.0557. The van der Waals surface area contributed by atoms with Crippen molar-refractivity contribution in [3.05, 3.63) is 84.4 Å². The molecule has 0 fully saturated rings. The number of anilines is 2. The Hall–Kier alpha value is -5.12. The first-order chi connectivity index (χ1) is 17.6. The van der Waals surface area contributed by atoms with E-state index in [1.165, 1.54) is 7.11 Å². The number of hydrogen-bond donors (Lipinski definition) is 3. The largest absolute Gasteiger partial charge is 0.480 e. The number of Topliss-reactive ketones (excluding diaryl/α,β-unsaturated/α-hetero) is 1. The van der Waals surface area contributed by atoms with Gasteiger partial charge in [-0.2, -0.15) is 10.2 Å². The van der Waals surface area contributed by atoms with Crippen molar-refractivity contribution < 1.29 is 9.53 Å². The number of carbonyl (C=O) groups excluding carboxylic acids is 1. The lowest BCUT2D eigenvalue weighted by atomic mass is 10.1. The molecule has 2 aromatic carbocycles. The van der Waals surface area contributed by atoms with Crippen LogP contribution in [0.2, 0.25) is 0 Å². The first kappa shape index (κ1) is 21.4. The van der Waals surface area contributed by atoms with Gasteiger partial charge < -0.3 is 15.0 Å². The molecule has 0 bridgehead atoms. The second kappa shape index (κ2) is 8.91. The minimum atomic E-state index is -0.0557. The normalized spacial score (nSPS) is 11.1. The van der Waals surface area contributed by atoms with E-state index >= 15 is 0 Å². The van der Waals surface area contributed by atoms with Gasteiger partial charge in [-0.25, -0.2) is 9.97 Å². The minimum Gasteiger partial charge on any atom is -0.480 e. The number of ether oxygens (including phenoxy) is 1. The van der Waals surface area contributed by atoms with E-state index in [0.717, 1.165) is 38.6 Å². The molecular weight excluding hydrogens is 456 g/mol. The average molecular weight is 477 g/mol. The Bertz CT molecular complexity index is 1720. The molecule has 4 aromatic heterocycles. The molecule has 0 atom stereocenters. The smallest absolute Gasteiger partial charge is 0.233 e. The number of benzene rings is 2. The number of nitrogens with one attached hydrogen (secondary N) is 3. The van der Waals surface area contributed by atoms with Crippen LogP contribution in [0, 0.1) is 0 Å². The summed E-state index contributed by atoms with van der Waals surface area (Å²) in [7, 11) is 1.51. The van der Waals surface area contributed by atoms with Crippen LogP contribution in [0.15, 0.2) is 73.2 Å². The predicted molar refractivity (Wildman–Crippen MR) is 135 cm³/mol. The molecule has 6 rings (SSSR count). The molecule has 3 N–H and O–H groups in total. The van der Waals surface area contributed by atoms with Crippen molar-refractivity contribution in [2.24, 2.45) is 0 Å². The van der Waals surface area contributed by atoms with E-state index in [-0.39, 0.29) is 12.2 Å². The highest BCUT2D eigenvalue weighted by molar-refractivity contribution is 6.01. The lowest BCUT2D eigenvalue weighted by Gasteiger charge is -2.07. The maximum atomic E-state index is 12.9. The Kier molecular flexibility index (Phi) is 5.30. The quantitative estimate of drug-likeness (QED) is 0.287. The molecule has 0 amide bonds. The number of rotatable bonds is 7. The number of nitrogens with zero attached hydrogens (tertiary/aromatic N) is 5. The number of aromatic nitrogens is 7. The molecule has 0 aliphatic heterocycles. The monoisotopic (exact) mass is 476 g/mol. The number of aromatic amines is 2. The molecule has 0 radical (unpaired) electrons. The highest BCUT2D eigenvalue weighted by Crippen LogP contribution is 2.25. The van der Waals surface area contributed by atoms with E-state index in [9.17, 15) is 4.79 Å². The van der Waals surface area contributed by atoms with Crippen LogP contribution in [0.1, 0.15) is 16.1 Å². The van der Waals surface area contributed by atoms with Gasteiger partial charge in [-0.1, -0.05) is 12.1 Å². The molecule has 176 valence electrons. The number of methoxy groups -OCH3 is 1. The summed E-state index contributed by atoms with van der Waals surface area (Å²) in [6.07, 6.45) is 5.24. The summed E-state index contributed by atoms with van der Waals surface area (Å²) in [6.45, 7) is 0. The van der Waals surface area contributed by atoms with Gasteiger partial charge in [0.2, 0.25) is 5.88 Å². The van der Waals surface area contributed by atoms with E-state index in [1.54, 1.807) is 24.7 Å². The van der Waals surface area contributed by atoms with Crippen LogP contribution < -0.4 is 10.1 Å². The van der Waals surface area contributed by atoms with Crippen molar-refractivity contribution in [2.75, 3.05) is 12.4 Å². The van der Waals surface area contributed by atoms with Gasteiger partial charge in [0.05, 0.1) is 30.7 Å². The molecule has 10 nitrogen and oxygen atoms in total. The zero-order chi connectivity index (χ0) is 24.5. The molecule has 6 aromatic rings. The van der Waals surface area contributed by atoms with Crippen molar-refractivity contribution in [2.45, 2.75) is 6.42 Å². The first-order valence-corrected chi connectivity index (χ1v) is 11.2. The molecule has 0 unspecified atom stereocenters. The van der Waals surface area contributed by atoms with Crippen molar-refractivity contribution in [1.82, 2.24) is 35.3 Å². The van der Waals surface area contributed by atoms with Gasteiger partial charge in [0, 0.05) is 46.2 Å². The molecule has 10 heteroatoms. The molecule has 0 spiro atoms. The Morgan fingerprint density at radius 2 is 1.94 bits per heavy atom. The van der Waals surface area contributed by atoms with Crippen LogP contribution in [0.25, 0.3) is 33.2 Å². The highest BCUT2D eigenvalue weighted by atomic mass is 16.5. The fraction of sp³-hybridized carbons (Fsp3) is 0.0769. The lowest BCUT2D eigenvalue weighted by Crippen LogP contribution is -2.05. The summed E-state index contributed by atoms with van der Waals surface area (Å²) in [5, 5.41) is 20.0. The number of H-pyrrole nitrogens is 2. The molecular formula is C26H20N8O2. The third kappa shape index (κ3) is 4.23. The van der Waals surface area contributed by atoms with Crippen molar-refractivity contribution in [1.29, 1.82) is 0 Å². The van der Waals surface area contributed by atoms with Gasteiger partial charge in [0.1, 0.15) is 5.82 Å². The first-order valence-electron chi connectivity index (χ1n) is 11.2. The zero-order valence-electron chi connectivity index (χ0n) is 19.2. The predicted octanol–water partition coefficient (Wildman–Crippen LogP) is 4.47. The summed E-state index contributed by atoms with van der Waals surface area (Å²) in [4.78, 5) is 25.2. The van der Waals surface area contributed by atoms with Crippen LogP contribution in [-0.4, -0.2) is 48.2 Å². The topological polar surface area (TPSA) is 134 Å². The van der Waals surface area contributed by atoms with Gasteiger partial charge in [-0.05, 0) is 42.0 Å². The maximum Gasteiger partial charge on any atom is 0.233 e. The van der Waals surface area contributed by atoms with Crippen LogP contribution in [0.5, 0.6) is 5.88 Å². The fourth-order valence-corrected chi connectivity index (χ4v) is 4.01. The fourth-order valence-electron chi connectivity index (χ4n) is 4.01. The Morgan fingerprint density at radius 3 is 2.86 bits per heavy atom. The van der Waals surface area contributed by atoms with Crippen LogP contribution in [-0.2, 0) is 6.42 Å². The Balaban J connectivity index is 1.23. The Labute approximate surface area is 204 Å². The summed E-state index contributed by atoms with van der Waals surface area (Å²) in [6, 6.07) is 17.1. The van der Waals surface area contributed by atoms with E-state index in [0.29, 0.717) is 23.2 Å². The molecule has 0 saturated heterocycles. The number of carbonyl (C=O) groups is 1. The number of hydrogen-bond acceptors (Lipinski definition) is 8. The van der Waals surface area contributed by atoms with E-state index in [4.69, 9.17) is 4.74 Å². The SMILES string of the molecule is COc1cc(CC(=O)c2cc3ccc(-c4nccc(Nc5ccc6[nH]ncc6c5)n4)cc3[nH]2)cnn1. The molecule has 4 heterocycles. The average Bonchev–Trinajstić information content (AvgIpc) is 3.55. The second-order valence-electron chi connectivity index (χ2n) is 8.25. The lowest BCUT2D eigenvalue weighted by molar-refractivity contribution is 0.0989. The van der Waals surface area contributed by atoms with Crippen LogP contribution >= 0.6 is 0 Å². The van der Waals surface area contributed by atoms with Gasteiger partial charge in [0.15, 0.2) is 11.6 Å². The third-order valence-corrected chi connectivity index (χ3v) is 5.81. The molecule has 0 aliphatic carbocycles. The van der Waals surface area contributed by atoms with E-state index in [2.05, 4.69) is 40.7 Å². The summed E-state index contributed by atoms with van der Waals surface area (Å²) in [5.74, 6) is 1.57. The summed E-state index contributed by atoms with van der Waals surface area (Å²) in [5.41, 5.74) is 4.78. The van der Waals surface area contributed by atoms with Gasteiger partial charge in [0.25, 0.3) is 0 Å². The molecule has 0 saturated carbocycles. The van der Waals surface area contributed by atoms with Crippen LogP contribution in [0.3, 0.4) is 0 Å². The summed E-state index contributed by atoms with van der Waals surface area (Å²) < 4.78 is 5.09. The van der Waals surface area contributed by atoms with Crippen molar-refractivity contribution in [3.8, 4) is 17.3 Å². The van der Waals surface area contributed by atoms with E-state index < -0.39 is 0 Å². The maximum absolute atomic E-state index is 12.9. The van der Waals surface area contributed by atoms with Crippen molar-refractivity contribution in [3.63, 3.8) is 0 Å². The number of fused-ring (bicyclic) bond motifs is 2. The molecule has 0 aliphatic rings. The molecule has 36 heavy (non-hydrogen) atoms. The van der Waals surface area contributed by atoms with Crippen LogP contribution in [0.4, 0.5) is 11.5 Å².